The molecule has 3 rings (SSSR count). The highest BCUT2D eigenvalue weighted by Crippen LogP contribution is 2.46. The van der Waals surface area contributed by atoms with E-state index in [0.717, 1.165) is 31.4 Å². The Bertz CT molecular complexity index is 619. The van der Waals surface area contributed by atoms with Gasteiger partial charge in [0.1, 0.15) is 0 Å². The number of hydrogen-bond acceptors (Lipinski definition) is 4. The number of amides is 1. The first-order chi connectivity index (χ1) is 10.6. The van der Waals surface area contributed by atoms with Crippen molar-refractivity contribution in [2.24, 2.45) is 0 Å². The normalized spacial score (nSPS) is 26.4. The summed E-state index contributed by atoms with van der Waals surface area (Å²) in [4.78, 5) is 14.7. The number of nitrogens with one attached hydrogen (secondary N) is 1. The molecule has 1 saturated heterocycles. The molecule has 1 N–H and O–H groups in total. The maximum atomic E-state index is 12.6. The summed E-state index contributed by atoms with van der Waals surface area (Å²) in [5.74, 6) is 0.0573. The summed E-state index contributed by atoms with van der Waals surface area (Å²) >= 11 is 0. The summed E-state index contributed by atoms with van der Waals surface area (Å²) in [6.07, 6.45) is 2.71. The van der Waals surface area contributed by atoms with Crippen LogP contribution in [0.1, 0.15) is 30.4 Å². The predicted octanol–water partition coefficient (Wildman–Crippen LogP) is 1.38. The largest absolute Gasteiger partial charge is 0.380 e. The minimum atomic E-state index is -0.282. The fraction of sp³-hybridized carbons (Fsp3) is 0.529. The zero-order valence-electron chi connectivity index (χ0n) is 13.0. The molecule has 5 heteroatoms. The number of methoxy groups -OCH3 is 1. The van der Waals surface area contributed by atoms with Crippen molar-refractivity contribution in [3.63, 3.8) is 0 Å². The van der Waals surface area contributed by atoms with Gasteiger partial charge in [-0.1, -0.05) is 12.1 Å². The van der Waals surface area contributed by atoms with Gasteiger partial charge in [-0.25, -0.2) is 0 Å². The van der Waals surface area contributed by atoms with Gasteiger partial charge in [-0.05, 0) is 44.0 Å². The lowest BCUT2D eigenvalue weighted by atomic mass is 10.0. The molecule has 2 aliphatic rings. The quantitative estimate of drug-likeness (QED) is 0.912. The summed E-state index contributed by atoms with van der Waals surface area (Å²) in [6, 6.07) is 9.56. The van der Waals surface area contributed by atoms with Crippen molar-refractivity contribution in [1.82, 2.24) is 10.2 Å². The summed E-state index contributed by atoms with van der Waals surface area (Å²) in [5.41, 5.74) is 1.38. The number of nitrogens with zero attached hydrogens (tertiary/aromatic N) is 2. The second kappa shape index (κ2) is 5.71. The highest BCUT2D eigenvalue weighted by atomic mass is 16.5. The van der Waals surface area contributed by atoms with Gasteiger partial charge >= 0.3 is 0 Å². The molecule has 22 heavy (non-hydrogen) atoms. The molecule has 0 spiro atoms. The van der Waals surface area contributed by atoms with Crippen LogP contribution < -0.4 is 5.32 Å². The van der Waals surface area contributed by atoms with Crippen LogP contribution in [0.3, 0.4) is 0 Å². The van der Waals surface area contributed by atoms with Crippen molar-refractivity contribution in [3.8, 4) is 6.07 Å². The van der Waals surface area contributed by atoms with Gasteiger partial charge in [-0.2, -0.15) is 5.26 Å². The lowest BCUT2D eigenvalue weighted by Crippen LogP contribution is -2.45. The van der Waals surface area contributed by atoms with Gasteiger partial charge in [0.15, 0.2) is 0 Å². The van der Waals surface area contributed by atoms with Gasteiger partial charge < -0.3 is 10.1 Å². The Balaban J connectivity index is 1.72. The van der Waals surface area contributed by atoms with E-state index < -0.39 is 0 Å². The van der Waals surface area contributed by atoms with E-state index in [0.29, 0.717) is 5.56 Å². The van der Waals surface area contributed by atoms with E-state index >= 15 is 0 Å². The third kappa shape index (κ3) is 2.72. The lowest BCUT2D eigenvalue weighted by Gasteiger charge is -2.24. The monoisotopic (exact) mass is 299 g/mol. The highest BCUT2D eigenvalue weighted by Gasteiger charge is 2.47. The second-order valence-corrected chi connectivity index (χ2v) is 6.31. The van der Waals surface area contributed by atoms with Crippen LogP contribution in [-0.2, 0) is 15.1 Å². The molecular weight excluding hydrogens is 278 g/mol. The maximum Gasteiger partial charge on any atom is 0.238 e. The molecule has 1 amide bonds. The average molecular weight is 299 g/mol. The van der Waals surface area contributed by atoms with Crippen LogP contribution in [0.25, 0.3) is 0 Å². The second-order valence-electron chi connectivity index (χ2n) is 6.31. The first-order valence-electron chi connectivity index (χ1n) is 7.64. The van der Waals surface area contributed by atoms with Gasteiger partial charge in [0.2, 0.25) is 5.91 Å². The lowest BCUT2D eigenvalue weighted by molar-refractivity contribution is -0.126. The number of benzene rings is 1. The van der Waals surface area contributed by atoms with Crippen LogP contribution in [0.4, 0.5) is 0 Å². The number of hydrogen-bond donors (Lipinski definition) is 1. The molecule has 5 nitrogen and oxygen atoms in total. The third-order valence-corrected chi connectivity index (χ3v) is 4.80. The smallest absolute Gasteiger partial charge is 0.238 e. The molecule has 1 aromatic carbocycles. The average Bonchev–Trinajstić information content (AvgIpc) is 3.21. The van der Waals surface area contributed by atoms with Gasteiger partial charge in [0, 0.05) is 13.7 Å². The van der Waals surface area contributed by atoms with E-state index in [4.69, 9.17) is 10.00 Å². The van der Waals surface area contributed by atoms with Gasteiger partial charge in [0.05, 0.1) is 29.3 Å². The Morgan fingerprint density at radius 3 is 2.86 bits per heavy atom. The van der Waals surface area contributed by atoms with Gasteiger partial charge in [-0.3, -0.25) is 9.69 Å². The number of likely N-dealkylation sites (tertiary alicyclic amines) is 1. The summed E-state index contributed by atoms with van der Waals surface area (Å²) < 4.78 is 5.36. The summed E-state index contributed by atoms with van der Waals surface area (Å²) in [6.45, 7) is 0.783. The third-order valence-electron chi connectivity index (χ3n) is 4.80. The van der Waals surface area contributed by atoms with Crippen molar-refractivity contribution < 1.29 is 9.53 Å². The molecule has 2 atom stereocenters. The van der Waals surface area contributed by atoms with Crippen LogP contribution >= 0.6 is 0 Å². The fourth-order valence-electron chi connectivity index (χ4n) is 3.25. The number of nitriles is 1. The van der Waals surface area contributed by atoms with Crippen molar-refractivity contribution in [1.29, 1.82) is 5.26 Å². The van der Waals surface area contributed by atoms with E-state index in [2.05, 4.69) is 11.4 Å². The molecule has 0 radical (unpaired) electrons. The standard InChI is InChI=1S/C17H21N3O2/c1-20-11-14(22-2)9-15(20)16(21)19-17(6-7-17)13-5-3-4-12(8-13)10-18/h3-5,8,14-15H,6-7,9,11H2,1-2H3,(H,19,21)/t14-,15-/m0/s1. The molecule has 1 aromatic rings. The zero-order chi connectivity index (χ0) is 15.7. The number of ether oxygens (including phenoxy) is 1. The van der Waals surface area contributed by atoms with Crippen molar-refractivity contribution in [2.45, 2.75) is 36.9 Å². The topological polar surface area (TPSA) is 65.4 Å². The first-order valence-corrected chi connectivity index (χ1v) is 7.64. The summed E-state index contributed by atoms with van der Waals surface area (Å²) in [5, 5.41) is 12.2. The van der Waals surface area contributed by atoms with E-state index in [-0.39, 0.29) is 23.6 Å². The molecule has 0 bridgehead atoms. The zero-order valence-corrected chi connectivity index (χ0v) is 13.0. The Morgan fingerprint density at radius 1 is 1.50 bits per heavy atom. The van der Waals surface area contributed by atoms with E-state index in [1.165, 1.54) is 0 Å². The fourth-order valence-corrected chi connectivity index (χ4v) is 3.25. The van der Waals surface area contributed by atoms with Crippen molar-refractivity contribution >= 4 is 5.91 Å². The predicted molar refractivity (Wildman–Crippen MR) is 82.0 cm³/mol. The van der Waals surface area contributed by atoms with E-state index in [1.807, 2.05) is 30.1 Å². The number of rotatable bonds is 4. The minimum Gasteiger partial charge on any atom is -0.380 e. The van der Waals surface area contributed by atoms with E-state index in [9.17, 15) is 4.79 Å². The Kier molecular flexibility index (Phi) is 3.90. The minimum absolute atomic E-state index is 0.0573. The van der Waals surface area contributed by atoms with Gasteiger partial charge in [-0.15, -0.1) is 0 Å². The molecule has 1 saturated carbocycles. The Hall–Kier alpha value is -1.90. The Labute approximate surface area is 130 Å². The van der Waals surface area contributed by atoms with Crippen molar-refractivity contribution in [3.05, 3.63) is 35.4 Å². The molecule has 0 unspecified atom stereocenters. The Morgan fingerprint density at radius 2 is 2.27 bits per heavy atom. The molecule has 1 aliphatic carbocycles. The molecule has 116 valence electrons. The molecule has 2 fully saturated rings. The number of carbonyl (C=O) groups is 1. The number of carbonyl (C=O) groups excluding carboxylic acids is 1. The van der Waals surface area contributed by atoms with Crippen molar-refractivity contribution in [2.75, 3.05) is 20.7 Å². The van der Waals surface area contributed by atoms with Crippen LogP contribution in [0, 0.1) is 11.3 Å². The first kappa shape index (κ1) is 15.0. The van der Waals surface area contributed by atoms with Crippen LogP contribution in [0.15, 0.2) is 24.3 Å². The summed E-state index contributed by atoms with van der Waals surface area (Å²) in [7, 11) is 3.65. The molecule has 1 aliphatic heterocycles. The molecular formula is C17H21N3O2. The van der Waals surface area contributed by atoms with Crippen LogP contribution in [0.5, 0.6) is 0 Å². The SMILES string of the molecule is CO[C@H]1C[C@@H](C(=O)NC2(c3cccc(C#N)c3)CC2)N(C)C1. The highest BCUT2D eigenvalue weighted by molar-refractivity contribution is 5.83. The van der Waals surface area contributed by atoms with E-state index in [1.54, 1.807) is 13.2 Å². The molecule has 1 heterocycles. The van der Waals surface area contributed by atoms with Crippen LogP contribution in [-0.4, -0.2) is 43.7 Å². The maximum absolute atomic E-state index is 12.6. The number of likely N-dealkylation sites (N-methyl/N-ethyl adjacent to an activating group) is 1. The molecule has 0 aromatic heterocycles. The van der Waals surface area contributed by atoms with Crippen LogP contribution in [0.2, 0.25) is 0 Å². The van der Waals surface area contributed by atoms with Gasteiger partial charge in [0.25, 0.3) is 0 Å².